The van der Waals surface area contributed by atoms with Crippen molar-refractivity contribution in [3.8, 4) is 0 Å². The molecule has 0 spiro atoms. The number of aliphatic hydroxyl groups is 1. The largest absolute Gasteiger partial charge is 0.396 e. The minimum absolute atomic E-state index is 0.0258. The Hall–Kier alpha value is -1.59. The van der Waals surface area contributed by atoms with Gasteiger partial charge >= 0.3 is 6.03 Å². The number of hydrogen-bond acceptors (Lipinski definition) is 3. The number of carbonyl (C=O) groups is 1. The number of nitrogens with one attached hydrogen (secondary N) is 2. The van der Waals surface area contributed by atoms with Crippen molar-refractivity contribution in [1.82, 2.24) is 10.8 Å². The lowest BCUT2D eigenvalue weighted by Crippen LogP contribution is -2.46. The molecule has 21 heavy (non-hydrogen) atoms. The molecule has 5 nitrogen and oxygen atoms in total. The van der Waals surface area contributed by atoms with Crippen LogP contribution < -0.4 is 10.8 Å². The summed E-state index contributed by atoms with van der Waals surface area (Å²) in [5, 5.41) is 12.3. The maximum Gasteiger partial charge on any atom is 0.338 e. The van der Waals surface area contributed by atoms with Crippen molar-refractivity contribution in [3.63, 3.8) is 0 Å². The van der Waals surface area contributed by atoms with E-state index in [2.05, 4.69) is 10.8 Å². The SMILES string of the molecule is O=C(NOCc1ccccc1)NC1CCCCCC1CO. The summed E-state index contributed by atoms with van der Waals surface area (Å²) in [5.41, 5.74) is 3.41. The van der Waals surface area contributed by atoms with Crippen molar-refractivity contribution < 1.29 is 14.7 Å². The van der Waals surface area contributed by atoms with Gasteiger partial charge in [-0.15, -0.1) is 0 Å². The fourth-order valence-electron chi connectivity index (χ4n) is 2.75. The summed E-state index contributed by atoms with van der Waals surface area (Å²) >= 11 is 0. The number of rotatable bonds is 5. The topological polar surface area (TPSA) is 70.6 Å². The van der Waals surface area contributed by atoms with Crippen molar-refractivity contribution in [2.75, 3.05) is 6.61 Å². The predicted molar refractivity (Wildman–Crippen MR) is 80.3 cm³/mol. The summed E-state index contributed by atoms with van der Waals surface area (Å²) < 4.78 is 0. The van der Waals surface area contributed by atoms with Gasteiger partial charge in [0.1, 0.15) is 0 Å². The minimum Gasteiger partial charge on any atom is -0.396 e. The second kappa shape index (κ2) is 8.64. The van der Waals surface area contributed by atoms with E-state index in [1.165, 1.54) is 6.42 Å². The summed E-state index contributed by atoms with van der Waals surface area (Å²) in [5.74, 6) is 0.146. The zero-order chi connectivity index (χ0) is 14.9. The Kier molecular flexibility index (Phi) is 6.50. The molecule has 5 heteroatoms. The van der Waals surface area contributed by atoms with E-state index in [1.807, 2.05) is 30.3 Å². The van der Waals surface area contributed by atoms with Crippen molar-refractivity contribution in [1.29, 1.82) is 0 Å². The zero-order valence-corrected chi connectivity index (χ0v) is 12.3. The molecule has 1 aliphatic rings. The van der Waals surface area contributed by atoms with Gasteiger partial charge in [0.25, 0.3) is 0 Å². The van der Waals surface area contributed by atoms with Gasteiger partial charge in [-0.3, -0.25) is 4.84 Å². The van der Waals surface area contributed by atoms with Crippen LogP contribution in [0.15, 0.2) is 30.3 Å². The average Bonchev–Trinajstić information content (AvgIpc) is 2.73. The van der Waals surface area contributed by atoms with Gasteiger partial charge in [-0.25, -0.2) is 10.3 Å². The third-order valence-corrected chi connectivity index (χ3v) is 3.96. The molecular formula is C16H24N2O3. The predicted octanol–water partition coefficient (Wildman–Crippen LogP) is 2.36. The molecule has 2 rings (SSSR count). The van der Waals surface area contributed by atoms with E-state index in [-0.39, 0.29) is 24.6 Å². The summed E-state index contributed by atoms with van der Waals surface area (Å²) in [6.45, 7) is 0.457. The quantitative estimate of drug-likeness (QED) is 0.576. The number of urea groups is 1. The Balaban J connectivity index is 1.72. The minimum atomic E-state index is -0.337. The van der Waals surface area contributed by atoms with Gasteiger partial charge < -0.3 is 10.4 Å². The molecule has 0 radical (unpaired) electrons. The van der Waals surface area contributed by atoms with Crippen LogP contribution >= 0.6 is 0 Å². The molecule has 1 aliphatic carbocycles. The molecule has 1 aromatic rings. The molecule has 1 saturated carbocycles. The molecular weight excluding hydrogens is 268 g/mol. The average molecular weight is 292 g/mol. The Morgan fingerprint density at radius 3 is 2.71 bits per heavy atom. The summed E-state index contributed by atoms with van der Waals surface area (Å²) in [6, 6.07) is 9.35. The molecule has 0 aromatic heterocycles. The van der Waals surface area contributed by atoms with Gasteiger partial charge in [-0.1, -0.05) is 49.6 Å². The highest BCUT2D eigenvalue weighted by Crippen LogP contribution is 2.23. The Bertz CT molecular complexity index is 425. The lowest BCUT2D eigenvalue weighted by Gasteiger charge is -2.24. The smallest absolute Gasteiger partial charge is 0.338 e. The number of amides is 2. The lowest BCUT2D eigenvalue weighted by molar-refractivity contribution is 0.0465. The van der Waals surface area contributed by atoms with Crippen LogP contribution in [0.2, 0.25) is 0 Å². The van der Waals surface area contributed by atoms with Crippen LogP contribution in [0.3, 0.4) is 0 Å². The third kappa shape index (κ3) is 5.36. The van der Waals surface area contributed by atoms with Gasteiger partial charge in [0.05, 0.1) is 6.61 Å². The van der Waals surface area contributed by atoms with E-state index in [1.54, 1.807) is 0 Å². The van der Waals surface area contributed by atoms with E-state index in [0.717, 1.165) is 31.2 Å². The summed E-state index contributed by atoms with van der Waals surface area (Å²) in [6.07, 6.45) is 5.26. The van der Waals surface area contributed by atoms with Crippen molar-refractivity contribution >= 4 is 6.03 Å². The van der Waals surface area contributed by atoms with Gasteiger partial charge in [0.15, 0.2) is 0 Å². The monoisotopic (exact) mass is 292 g/mol. The highest BCUT2D eigenvalue weighted by atomic mass is 16.7. The summed E-state index contributed by atoms with van der Waals surface area (Å²) in [7, 11) is 0. The van der Waals surface area contributed by atoms with Crippen LogP contribution in [-0.4, -0.2) is 23.8 Å². The molecule has 0 aliphatic heterocycles. The van der Waals surface area contributed by atoms with Crippen molar-refractivity contribution in [2.45, 2.75) is 44.8 Å². The standard InChI is InChI=1S/C16H24N2O3/c19-11-14-9-5-2-6-10-15(14)17-16(20)18-21-12-13-7-3-1-4-8-13/h1,3-4,7-8,14-15,19H,2,5-6,9-12H2,(H2,17,18,20). The molecule has 2 unspecified atom stereocenters. The van der Waals surface area contributed by atoms with Crippen LogP contribution in [0, 0.1) is 5.92 Å². The van der Waals surface area contributed by atoms with E-state index in [9.17, 15) is 9.90 Å². The fourth-order valence-corrected chi connectivity index (χ4v) is 2.75. The molecule has 116 valence electrons. The number of benzene rings is 1. The fraction of sp³-hybridized carbons (Fsp3) is 0.562. The van der Waals surface area contributed by atoms with Gasteiger partial charge in [0.2, 0.25) is 0 Å². The first-order valence-corrected chi connectivity index (χ1v) is 7.62. The van der Waals surface area contributed by atoms with Crippen molar-refractivity contribution in [2.24, 2.45) is 5.92 Å². The van der Waals surface area contributed by atoms with E-state index < -0.39 is 0 Å². The Morgan fingerprint density at radius 2 is 1.95 bits per heavy atom. The second-order valence-corrected chi connectivity index (χ2v) is 5.54. The molecule has 1 aromatic carbocycles. The van der Waals surface area contributed by atoms with E-state index in [0.29, 0.717) is 6.61 Å². The van der Waals surface area contributed by atoms with Crippen LogP contribution in [-0.2, 0) is 11.4 Å². The molecule has 0 bridgehead atoms. The van der Waals surface area contributed by atoms with Crippen LogP contribution in [0.1, 0.15) is 37.7 Å². The number of carbonyl (C=O) groups excluding carboxylic acids is 1. The molecule has 1 fully saturated rings. The van der Waals surface area contributed by atoms with Crippen LogP contribution in [0.25, 0.3) is 0 Å². The Labute approximate surface area is 125 Å². The van der Waals surface area contributed by atoms with E-state index >= 15 is 0 Å². The molecule has 2 atom stereocenters. The normalized spacial score (nSPS) is 22.3. The summed E-state index contributed by atoms with van der Waals surface area (Å²) in [4.78, 5) is 17.0. The highest BCUT2D eigenvalue weighted by Gasteiger charge is 2.24. The van der Waals surface area contributed by atoms with E-state index in [4.69, 9.17) is 4.84 Å². The lowest BCUT2D eigenvalue weighted by atomic mass is 9.96. The third-order valence-electron chi connectivity index (χ3n) is 3.96. The van der Waals surface area contributed by atoms with Gasteiger partial charge in [-0.2, -0.15) is 0 Å². The van der Waals surface area contributed by atoms with Crippen molar-refractivity contribution in [3.05, 3.63) is 35.9 Å². The Morgan fingerprint density at radius 1 is 1.19 bits per heavy atom. The second-order valence-electron chi connectivity index (χ2n) is 5.54. The van der Waals surface area contributed by atoms with Gasteiger partial charge in [-0.05, 0) is 18.4 Å². The highest BCUT2D eigenvalue weighted by molar-refractivity contribution is 5.73. The first-order valence-electron chi connectivity index (χ1n) is 7.62. The molecule has 2 amide bonds. The maximum atomic E-state index is 11.8. The number of aliphatic hydroxyl groups excluding tert-OH is 1. The zero-order valence-electron chi connectivity index (χ0n) is 12.3. The molecule has 0 saturated heterocycles. The van der Waals surface area contributed by atoms with Crippen LogP contribution in [0.4, 0.5) is 4.79 Å². The number of hydrogen-bond donors (Lipinski definition) is 3. The van der Waals surface area contributed by atoms with Crippen LogP contribution in [0.5, 0.6) is 0 Å². The first kappa shape index (κ1) is 15.8. The van der Waals surface area contributed by atoms with Gasteiger partial charge in [0, 0.05) is 18.6 Å². The molecule has 3 N–H and O–H groups in total. The first-order chi connectivity index (χ1) is 10.3. The molecule has 0 heterocycles. The number of hydroxylamine groups is 1. The maximum absolute atomic E-state index is 11.8.